The van der Waals surface area contributed by atoms with Crippen LogP contribution >= 0.6 is 11.6 Å². The van der Waals surface area contributed by atoms with Crippen LogP contribution in [0, 0.1) is 0 Å². The molecule has 1 unspecified atom stereocenters. The molecule has 1 amide bonds. The molecule has 0 aromatic heterocycles. The van der Waals surface area contributed by atoms with Crippen LogP contribution in [0.1, 0.15) is 17.3 Å². The average Bonchev–Trinajstić information content (AvgIpc) is 2.69. The number of hydrogen-bond acceptors (Lipinski definition) is 3. The fourth-order valence-corrected chi connectivity index (χ4v) is 2.42. The van der Waals surface area contributed by atoms with Gasteiger partial charge in [0, 0.05) is 30.7 Å². The summed E-state index contributed by atoms with van der Waals surface area (Å²) in [6, 6.07) is 16.4. The number of nitrogens with one attached hydrogen (secondary N) is 3. The van der Waals surface area contributed by atoms with Crippen LogP contribution in [0.15, 0.2) is 59.6 Å². The summed E-state index contributed by atoms with van der Waals surface area (Å²) >= 11 is 5.87. The van der Waals surface area contributed by atoms with E-state index in [0.717, 1.165) is 5.75 Å². The highest BCUT2D eigenvalue weighted by Crippen LogP contribution is 2.16. The topological polar surface area (TPSA) is 74.8 Å². The zero-order chi connectivity index (χ0) is 19.5. The van der Waals surface area contributed by atoms with Gasteiger partial charge >= 0.3 is 0 Å². The second kappa shape index (κ2) is 11.1. The first-order valence-electron chi connectivity index (χ1n) is 8.78. The summed E-state index contributed by atoms with van der Waals surface area (Å²) < 4.78 is 5.81. The number of hydrogen-bond donors (Lipinski definition) is 3. The van der Waals surface area contributed by atoms with Crippen LogP contribution in [0.5, 0.6) is 5.75 Å². The first kappa shape index (κ1) is 20.6. The maximum atomic E-state index is 12.0. The second-order valence-corrected chi connectivity index (χ2v) is 6.32. The smallest absolute Gasteiger partial charge is 0.251 e. The number of carbonyl (C=O) groups excluding carboxylic acids is 1. The molecule has 2 aromatic rings. The zero-order valence-electron chi connectivity index (χ0n) is 15.5. The first-order valence-corrected chi connectivity index (χ1v) is 9.16. The van der Waals surface area contributed by atoms with Gasteiger partial charge < -0.3 is 20.7 Å². The summed E-state index contributed by atoms with van der Waals surface area (Å²) in [6.45, 7) is 3.60. The van der Waals surface area contributed by atoms with Gasteiger partial charge in [0.1, 0.15) is 11.9 Å². The molecule has 0 saturated carbocycles. The molecule has 0 aliphatic heterocycles. The monoisotopic (exact) mass is 388 g/mol. The van der Waals surface area contributed by atoms with E-state index in [0.29, 0.717) is 36.2 Å². The fourth-order valence-electron chi connectivity index (χ4n) is 2.30. The van der Waals surface area contributed by atoms with Crippen molar-refractivity contribution in [3.8, 4) is 5.75 Å². The summed E-state index contributed by atoms with van der Waals surface area (Å²) in [5.74, 6) is 1.32. The highest BCUT2D eigenvalue weighted by Gasteiger charge is 2.06. The Kier molecular flexibility index (Phi) is 8.45. The van der Waals surface area contributed by atoms with Gasteiger partial charge in [-0.2, -0.15) is 0 Å². The number of amides is 1. The van der Waals surface area contributed by atoms with E-state index >= 15 is 0 Å². The molecule has 0 bridgehead atoms. The van der Waals surface area contributed by atoms with Gasteiger partial charge in [0.15, 0.2) is 5.96 Å². The molecule has 144 valence electrons. The molecule has 1 atom stereocenters. The third-order valence-corrected chi connectivity index (χ3v) is 3.92. The van der Waals surface area contributed by atoms with Gasteiger partial charge in [-0.3, -0.25) is 9.79 Å². The minimum Gasteiger partial charge on any atom is -0.489 e. The minimum atomic E-state index is -0.0923. The van der Waals surface area contributed by atoms with Crippen LogP contribution in [-0.2, 0) is 0 Å². The fraction of sp³-hybridized carbons (Fsp3) is 0.300. The molecule has 0 radical (unpaired) electrons. The lowest BCUT2D eigenvalue weighted by Crippen LogP contribution is -2.44. The van der Waals surface area contributed by atoms with Crippen molar-refractivity contribution >= 4 is 23.5 Å². The van der Waals surface area contributed by atoms with Crippen molar-refractivity contribution in [1.29, 1.82) is 0 Å². The van der Waals surface area contributed by atoms with E-state index in [4.69, 9.17) is 16.3 Å². The molecular formula is C20H25ClN4O2. The number of nitrogens with zero attached hydrogens (tertiary/aromatic N) is 1. The molecule has 0 aliphatic rings. The minimum absolute atomic E-state index is 0.0532. The Balaban J connectivity index is 1.65. The van der Waals surface area contributed by atoms with Crippen LogP contribution in [0.3, 0.4) is 0 Å². The third kappa shape index (κ3) is 7.58. The van der Waals surface area contributed by atoms with Crippen LogP contribution in [0.2, 0.25) is 5.02 Å². The molecule has 7 heteroatoms. The lowest BCUT2D eigenvalue weighted by Gasteiger charge is -2.18. The standard InChI is InChI=1S/C20H25ClN4O2/c1-15(27-18-10-8-17(21)9-11-18)14-25-20(22-2)24-13-12-23-19(26)16-6-4-3-5-7-16/h3-11,15H,12-14H2,1-2H3,(H,23,26)(H2,22,24,25). The number of ether oxygens (including phenoxy) is 1. The van der Waals surface area contributed by atoms with Gasteiger partial charge in [-0.25, -0.2) is 0 Å². The van der Waals surface area contributed by atoms with Crippen molar-refractivity contribution in [2.75, 3.05) is 26.7 Å². The van der Waals surface area contributed by atoms with E-state index < -0.39 is 0 Å². The molecule has 6 nitrogen and oxygen atoms in total. The number of halogens is 1. The summed E-state index contributed by atoms with van der Waals surface area (Å²) in [5.41, 5.74) is 0.646. The Bertz CT molecular complexity index is 735. The van der Waals surface area contributed by atoms with Crippen molar-refractivity contribution < 1.29 is 9.53 Å². The Hall–Kier alpha value is -2.73. The molecule has 0 heterocycles. The van der Waals surface area contributed by atoms with E-state index in [2.05, 4.69) is 20.9 Å². The van der Waals surface area contributed by atoms with Crippen molar-refractivity contribution in [3.05, 3.63) is 65.2 Å². The number of rotatable bonds is 8. The Labute approximate surface area is 165 Å². The average molecular weight is 389 g/mol. The van der Waals surface area contributed by atoms with E-state index in [1.165, 1.54) is 0 Å². The quantitative estimate of drug-likeness (QED) is 0.369. The van der Waals surface area contributed by atoms with E-state index in [1.807, 2.05) is 37.3 Å². The molecule has 0 saturated heterocycles. The van der Waals surface area contributed by atoms with Gasteiger partial charge in [-0.05, 0) is 43.3 Å². The van der Waals surface area contributed by atoms with Crippen LogP contribution < -0.4 is 20.7 Å². The number of benzene rings is 2. The van der Waals surface area contributed by atoms with Crippen LogP contribution in [-0.4, -0.2) is 44.7 Å². The predicted molar refractivity (Wildman–Crippen MR) is 110 cm³/mol. The van der Waals surface area contributed by atoms with Gasteiger partial charge in [-0.1, -0.05) is 29.8 Å². The first-order chi connectivity index (χ1) is 13.1. The van der Waals surface area contributed by atoms with Crippen molar-refractivity contribution in [3.63, 3.8) is 0 Å². The molecule has 0 fully saturated rings. The van der Waals surface area contributed by atoms with Crippen molar-refractivity contribution in [1.82, 2.24) is 16.0 Å². The number of guanidine groups is 1. The predicted octanol–water partition coefficient (Wildman–Crippen LogP) is 2.70. The zero-order valence-corrected chi connectivity index (χ0v) is 16.3. The second-order valence-electron chi connectivity index (χ2n) is 5.88. The molecule has 3 N–H and O–H groups in total. The summed E-state index contributed by atoms with van der Waals surface area (Å²) in [5, 5.41) is 9.89. The lowest BCUT2D eigenvalue weighted by atomic mass is 10.2. The molecule has 0 spiro atoms. The highest BCUT2D eigenvalue weighted by atomic mass is 35.5. The maximum absolute atomic E-state index is 12.0. The van der Waals surface area contributed by atoms with E-state index in [9.17, 15) is 4.79 Å². The summed E-state index contributed by atoms with van der Waals surface area (Å²) in [6.07, 6.45) is -0.0532. The van der Waals surface area contributed by atoms with Gasteiger partial charge in [0.05, 0.1) is 6.54 Å². The van der Waals surface area contributed by atoms with Gasteiger partial charge in [0.2, 0.25) is 0 Å². The molecule has 0 aliphatic carbocycles. The van der Waals surface area contributed by atoms with Crippen molar-refractivity contribution in [2.24, 2.45) is 4.99 Å². The normalized spacial score (nSPS) is 12.2. The summed E-state index contributed by atoms with van der Waals surface area (Å²) in [4.78, 5) is 16.1. The third-order valence-electron chi connectivity index (χ3n) is 3.67. The number of aliphatic imine (C=N–C) groups is 1. The highest BCUT2D eigenvalue weighted by molar-refractivity contribution is 6.30. The maximum Gasteiger partial charge on any atom is 0.251 e. The molecular weight excluding hydrogens is 364 g/mol. The number of carbonyl (C=O) groups is 1. The Morgan fingerprint density at radius 1 is 1.04 bits per heavy atom. The Morgan fingerprint density at radius 2 is 1.70 bits per heavy atom. The van der Waals surface area contributed by atoms with E-state index in [1.54, 1.807) is 31.3 Å². The van der Waals surface area contributed by atoms with Crippen molar-refractivity contribution in [2.45, 2.75) is 13.0 Å². The van der Waals surface area contributed by atoms with E-state index in [-0.39, 0.29) is 12.0 Å². The molecule has 2 aromatic carbocycles. The van der Waals surface area contributed by atoms with Gasteiger partial charge in [-0.15, -0.1) is 0 Å². The molecule has 27 heavy (non-hydrogen) atoms. The summed E-state index contributed by atoms with van der Waals surface area (Å²) in [7, 11) is 1.70. The van der Waals surface area contributed by atoms with Crippen LogP contribution in [0.4, 0.5) is 0 Å². The largest absolute Gasteiger partial charge is 0.489 e. The SMILES string of the molecule is CN=C(NCCNC(=O)c1ccccc1)NCC(C)Oc1ccc(Cl)cc1. The van der Waals surface area contributed by atoms with Crippen LogP contribution in [0.25, 0.3) is 0 Å². The molecule has 2 rings (SSSR count). The van der Waals surface area contributed by atoms with Gasteiger partial charge in [0.25, 0.3) is 5.91 Å². The lowest BCUT2D eigenvalue weighted by molar-refractivity contribution is 0.0954. The Morgan fingerprint density at radius 3 is 2.37 bits per heavy atom.